The Balaban J connectivity index is 1.90. The van der Waals surface area contributed by atoms with E-state index >= 15 is 0 Å². The lowest BCUT2D eigenvalue weighted by molar-refractivity contribution is -0.142. The van der Waals surface area contributed by atoms with Crippen LogP contribution in [-0.4, -0.2) is 40.9 Å². The van der Waals surface area contributed by atoms with E-state index in [1.807, 2.05) is 0 Å². The van der Waals surface area contributed by atoms with Gasteiger partial charge in [-0.05, 0) is 46.0 Å². The van der Waals surface area contributed by atoms with E-state index in [0.717, 1.165) is 32.1 Å². The molecular weight excluding hydrogens is 284 g/mol. The van der Waals surface area contributed by atoms with Gasteiger partial charge in [-0.3, -0.25) is 4.79 Å². The fourth-order valence-electron chi connectivity index (χ4n) is 2.50. The molecular formula is C16H28N2O4. The van der Waals surface area contributed by atoms with E-state index in [1.165, 1.54) is 0 Å². The van der Waals surface area contributed by atoms with Crippen molar-refractivity contribution in [2.75, 3.05) is 6.54 Å². The molecule has 0 spiro atoms. The molecule has 3 N–H and O–H groups in total. The predicted octanol–water partition coefficient (Wildman–Crippen LogP) is 1.71. The number of aliphatic hydroxyl groups is 1. The smallest absolute Gasteiger partial charge is 0.407 e. The van der Waals surface area contributed by atoms with E-state index < -0.39 is 17.3 Å². The van der Waals surface area contributed by atoms with Crippen LogP contribution in [0.4, 0.5) is 4.79 Å². The third-order valence-electron chi connectivity index (χ3n) is 4.11. The number of hydrogen-bond donors (Lipinski definition) is 3. The highest BCUT2D eigenvalue weighted by Gasteiger charge is 2.42. The summed E-state index contributed by atoms with van der Waals surface area (Å²) in [4.78, 5) is 24.1. The highest BCUT2D eigenvalue weighted by Crippen LogP contribution is 2.34. The van der Waals surface area contributed by atoms with Gasteiger partial charge in [0, 0.05) is 6.04 Å². The average molecular weight is 312 g/mol. The van der Waals surface area contributed by atoms with Crippen LogP contribution in [0.2, 0.25) is 0 Å². The molecule has 0 radical (unpaired) electrons. The number of amides is 2. The molecule has 6 heteroatoms. The Bertz CT molecular complexity index is 424. The number of ether oxygens (including phenoxy) is 1. The van der Waals surface area contributed by atoms with Gasteiger partial charge >= 0.3 is 6.09 Å². The van der Waals surface area contributed by atoms with E-state index in [0.29, 0.717) is 12.3 Å². The molecule has 2 saturated carbocycles. The summed E-state index contributed by atoms with van der Waals surface area (Å²) in [5, 5.41) is 16.1. The van der Waals surface area contributed by atoms with Crippen molar-refractivity contribution >= 4 is 12.0 Å². The minimum Gasteiger partial charge on any atom is -0.444 e. The monoisotopic (exact) mass is 312 g/mol. The van der Waals surface area contributed by atoms with Crippen molar-refractivity contribution in [3.8, 4) is 0 Å². The quantitative estimate of drug-likeness (QED) is 0.697. The summed E-state index contributed by atoms with van der Waals surface area (Å²) in [5.41, 5.74) is -2.16. The van der Waals surface area contributed by atoms with Gasteiger partial charge in [0.2, 0.25) is 0 Å². The fraction of sp³-hybridized carbons (Fsp3) is 0.875. The highest BCUT2D eigenvalue weighted by atomic mass is 16.6. The molecule has 2 aliphatic rings. The van der Waals surface area contributed by atoms with Crippen LogP contribution in [0.25, 0.3) is 0 Å². The maximum Gasteiger partial charge on any atom is 0.407 e. The van der Waals surface area contributed by atoms with Crippen molar-refractivity contribution in [2.45, 2.75) is 76.5 Å². The summed E-state index contributed by atoms with van der Waals surface area (Å²) in [6, 6.07) is 0.182. The molecule has 2 fully saturated rings. The van der Waals surface area contributed by atoms with Crippen LogP contribution in [0.15, 0.2) is 0 Å². The minimum atomic E-state index is -1.55. The predicted molar refractivity (Wildman–Crippen MR) is 82.3 cm³/mol. The van der Waals surface area contributed by atoms with E-state index in [4.69, 9.17) is 4.74 Å². The first-order valence-electron chi connectivity index (χ1n) is 8.18. The summed E-state index contributed by atoms with van der Waals surface area (Å²) < 4.78 is 5.16. The van der Waals surface area contributed by atoms with Crippen molar-refractivity contribution in [3.05, 3.63) is 0 Å². The average Bonchev–Trinajstić information content (AvgIpc) is 3.13. The molecule has 1 atom stereocenters. The van der Waals surface area contributed by atoms with Crippen LogP contribution >= 0.6 is 0 Å². The third-order valence-corrected chi connectivity index (χ3v) is 4.11. The van der Waals surface area contributed by atoms with Crippen LogP contribution < -0.4 is 10.6 Å². The molecule has 0 bridgehead atoms. The van der Waals surface area contributed by atoms with Gasteiger partial charge in [0.25, 0.3) is 5.91 Å². The molecule has 0 aromatic carbocycles. The zero-order valence-corrected chi connectivity index (χ0v) is 13.8. The topological polar surface area (TPSA) is 87.7 Å². The first kappa shape index (κ1) is 17.1. The van der Waals surface area contributed by atoms with Gasteiger partial charge in [0.15, 0.2) is 5.60 Å². The van der Waals surface area contributed by atoms with Crippen molar-refractivity contribution in [2.24, 2.45) is 5.92 Å². The molecule has 126 valence electrons. The van der Waals surface area contributed by atoms with Crippen molar-refractivity contribution in [1.82, 2.24) is 10.6 Å². The Morgan fingerprint density at radius 2 is 1.82 bits per heavy atom. The molecule has 0 aromatic heterocycles. The SMILES string of the molecule is CC(C)(C)OC(=O)NCC(O)(CC1CCC1)C(=O)NC1CC1. The normalized spacial score (nSPS) is 21.5. The minimum absolute atomic E-state index is 0.114. The first-order valence-corrected chi connectivity index (χ1v) is 8.18. The molecule has 2 aliphatic carbocycles. The Labute approximate surface area is 132 Å². The van der Waals surface area contributed by atoms with Gasteiger partial charge in [0.1, 0.15) is 5.60 Å². The lowest BCUT2D eigenvalue weighted by atomic mass is 9.77. The van der Waals surface area contributed by atoms with Crippen molar-refractivity contribution < 1.29 is 19.4 Å². The molecule has 0 heterocycles. The van der Waals surface area contributed by atoms with Crippen LogP contribution in [0.3, 0.4) is 0 Å². The lowest BCUT2D eigenvalue weighted by Gasteiger charge is -2.35. The fourth-order valence-corrected chi connectivity index (χ4v) is 2.50. The first-order chi connectivity index (χ1) is 10.2. The van der Waals surface area contributed by atoms with Gasteiger partial charge in [0.05, 0.1) is 6.54 Å². The molecule has 0 aliphatic heterocycles. The second kappa shape index (κ2) is 6.44. The Kier molecular flexibility index (Phi) is 5.00. The molecule has 1 unspecified atom stereocenters. The number of carbonyl (C=O) groups excluding carboxylic acids is 2. The maximum atomic E-state index is 12.3. The van der Waals surface area contributed by atoms with E-state index in [9.17, 15) is 14.7 Å². The Morgan fingerprint density at radius 1 is 1.18 bits per heavy atom. The zero-order chi connectivity index (χ0) is 16.4. The van der Waals surface area contributed by atoms with Crippen LogP contribution in [-0.2, 0) is 9.53 Å². The van der Waals surface area contributed by atoms with Crippen LogP contribution in [0.1, 0.15) is 59.3 Å². The maximum absolute atomic E-state index is 12.3. The Morgan fingerprint density at radius 3 is 2.27 bits per heavy atom. The van der Waals surface area contributed by atoms with Crippen molar-refractivity contribution in [3.63, 3.8) is 0 Å². The highest BCUT2D eigenvalue weighted by molar-refractivity contribution is 5.86. The second-order valence-electron chi connectivity index (χ2n) is 7.64. The second-order valence-corrected chi connectivity index (χ2v) is 7.64. The molecule has 6 nitrogen and oxygen atoms in total. The number of carbonyl (C=O) groups is 2. The lowest BCUT2D eigenvalue weighted by Crippen LogP contribution is -2.56. The van der Waals surface area contributed by atoms with E-state index in [1.54, 1.807) is 20.8 Å². The third kappa shape index (κ3) is 5.16. The standard InChI is InChI=1S/C16H28N2O4/c1-15(2,3)22-14(20)17-10-16(21,9-11-5-4-6-11)13(19)18-12-7-8-12/h11-12,21H,4-10H2,1-3H3,(H,17,20)(H,18,19). The van der Waals surface area contributed by atoms with Crippen molar-refractivity contribution in [1.29, 1.82) is 0 Å². The molecule has 0 aromatic rings. The molecule has 0 saturated heterocycles. The number of alkyl carbamates (subject to hydrolysis) is 1. The summed E-state index contributed by atoms with van der Waals surface area (Å²) in [6.45, 7) is 5.20. The van der Waals surface area contributed by atoms with Gasteiger partial charge < -0.3 is 20.5 Å². The number of hydrogen-bond acceptors (Lipinski definition) is 4. The van der Waals surface area contributed by atoms with Gasteiger partial charge in [-0.1, -0.05) is 19.3 Å². The van der Waals surface area contributed by atoms with Gasteiger partial charge in [-0.15, -0.1) is 0 Å². The van der Waals surface area contributed by atoms with Gasteiger partial charge in [-0.25, -0.2) is 4.79 Å². The molecule has 22 heavy (non-hydrogen) atoms. The zero-order valence-electron chi connectivity index (χ0n) is 13.8. The largest absolute Gasteiger partial charge is 0.444 e. The van der Waals surface area contributed by atoms with Gasteiger partial charge in [-0.2, -0.15) is 0 Å². The summed E-state index contributed by atoms with van der Waals surface area (Å²) in [5.74, 6) is -0.0200. The summed E-state index contributed by atoms with van der Waals surface area (Å²) in [7, 11) is 0. The summed E-state index contributed by atoms with van der Waals surface area (Å²) in [6.07, 6.45) is 4.91. The van der Waals surface area contributed by atoms with E-state index in [-0.39, 0.29) is 18.5 Å². The summed E-state index contributed by atoms with van der Waals surface area (Å²) >= 11 is 0. The van der Waals surface area contributed by atoms with Crippen LogP contribution in [0, 0.1) is 5.92 Å². The Hall–Kier alpha value is -1.30. The molecule has 2 amide bonds. The van der Waals surface area contributed by atoms with Crippen LogP contribution in [0.5, 0.6) is 0 Å². The van der Waals surface area contributed by atoms with E-state index in [2.05, 4.69) is 10.6 Å². The number of rotatable bonds is 6. The number of nitrogens with one attached hydrogen (secondary N) is 2. The molecule has 2 rings (SSSR count).